The van der Waals surface area contributed by atoms with E-state index in [-0.39, 0.29) is 11.7 Å². The zero-order valence-electron chi connectivity index (χ0n) is 14.5. The Morgan fingerprint density at radius 2 is 2.12 bits per heavy atom. The van der Waals surface area contributed by atoms with Gasteiger partial charge in [0.1, 0.15) is 11.7 Å². The van der Waals surface area contributed by atoms with Crippen molar-refractivity contribution in [3.05, 3.63) is 48.2 Å². The molecule has 0 bridgehead atoms. The molecule has 0 aromatic carbocycles. The van der Waals surface area contributed by atoms with Crippen LogP contribution in [0.5, 0.6) is 0 Å². The van der Waals surface area contributed by atoms with Crippen molar-refractivity contribution in [3.63, 3.8) is 0 Å². The van der Waals surface area contributed by atoms with Crippen LogP contribution in [0.4, 0.5) is 4.79 Å². The van der Waals surface area contributed by atoms with Crippen molar-refractivity contribution in [3.8, 4) is 0 Å². The summed E-state index contributed by atoms with van der Waals surface area (Å²) in [7, 11) is 3.63. The second-order valence-electron chi connectivity index (χ2n) is 5.24. The summed E-state index contributed by atoms with van der Waals surface area (Å²) in [6, 6.07) is -0.391. The fourth-order valence-corrected chi connectivity index (χ4v) is 1.65. The van der Waals surface area contributed by atoms with Crippen LogP contribution in [0.1, 0.15) is 13.8 Å². The molecule has 0 unspecified atom stereocenters. The van der Waals surface area contributed by atoms with Crippen molar-refractivity contribution in [2.45, 2.75) is 13.8 Å². The van der Waals surface area contributed by atoms with Crippen LogP contribution in [0, 0.1) is 0 Å². The summed E-state index contributed by atoms with van der Waals surface area (Å²) < 4.78 is 0. The van der Waals surface area contributed by atoms with Gasteiger partial charge in [-0.1, -0.05) is 6.58 Å². The third-order valence-electron chi connectivity index (χ3n) is 3.10. The zero-order valence-corrected chi connectivity index (χ0v) is 14.5. The summed E-state index contributed by atoms with van der Waals surface area (Å²) in [6.07, 6.45) is 6.34. The number of carbonyl (C=O) groups is 2. The van der Waals surface area contributed by atoms with Gasteiger partial charge in [-0.15, -0.1) is 0 Å². The second kappa shape index (κ2) is 8.56. The molecule has 0 saturated heterocycles. The Bertz CT molecular complexity index is 643. The van der Waals surface area contributed by atoms with Crippen LogP contribution in [-0.4, -0.2) is 48.2 Å². The van der Waals surface area contributed by atoms with Crippen LogP contribution in [0.3, 0.4) is 0 Å². The van der Waals surface area contributed by atoms with E-state index in [4.69, 9.17) is 5.73 Å². The summed E-state index contributed by atoms with van der Waals surface area (Å²) >= 11 is 0. The molecule has 8 heteroatoms. The Kier molecular flexibility index (Phi) is 6.79. The second-order valence-corrected chi connectivity index (χ2v) is 5.24. The van der Waals surface area contributed by atoms with Gasteiger partial charge in [0.2, 0.25) is 0 Å². The molecule has 0 saturated carbocycles. The third kappa shape index (κ3) is 5.64. The van der Waals surface area contributed by atoms with Gasteiger partial charge in [0.25, 0.3) is 5.91 Å². The molecule has 1 aliphatic heterocycles. The minimum atomic E-state index is -0.391. The van der Waals surface area contributed by atoms with E-state index in [2.05, 4.69) is 22.2 Å². The maximum Gasteiger partial charge on any atom is 0.320 e. The molecule has 1 heterocycles. The summed E-state index contributed by atoms with van der Waals surface area (Å²) in [5.74, 6) is 0.407. The molecule has 0 atom stereocenters. The number of nitrogens with two attached hydrogens (primary N) is 1. The van der Waals surface area contributed by atoms with Crippen LogP contribution >= 0.6 is 0 Å². The van der Waals surface area contributed by atoms with Crippen LogP contribution in [0.15, 0.2) is 53.2 Å². The monoisotopic (exact) mass is 332 g/mol. The highest BCUT2D eigenvalue weighted by Gasteiger charge is 2.14. The number of hydrogen-bond acceptors (Lipinski definition) is 4. The predicted molar refractivity (Wildman–Crippen MR) is 94.5 cm³/mol. The van der Waals surface area contributed by atoms with Crippen molar-refractivity contribution < 1.29 is 9.59 Å². The van der Waals surface area contributed by atoms with Gasteiger partial charge in [0, 0.05) is 44.3 Å². The Morgan fingerprint density at radius 1 is 1.46 bits per heavy atom. The zero-order chi connectivity index (χ0) is 18.3. The molecule has 0 spiro atoms. The van der Waals surface area contributed by atoms with E-state index in [1.807, 2.05) is 14.1 Å². The maximum absolute atomic E-state index is 12.1. The smallest absolute Gasteiger partial charge is 0.320 e. The molecule has 4 N–H and O–H groups in total. The van der Waals surface area contributed by atoms with E-state index in [1.54, 1.807) is 42.0 Å². The molecule has 8 nitrogen and oxygen atoms in total. The first kappa shape index (κ1) is 19.0. The Hall–Kier alpha value is -3.03. The van der Waals surface area contributed by atoms with Gasteiger partial charge in [-0.2, -0.15) is 4.99 Å². The summed E-state index contributed by atoms with van der Waals surface area (Å²) in [5, 5.41) is 5.05. The molecule has 1 aliphatic rings. The highest BCUT2D eigenvalue weighted by atomic mass is 16.2. The number of amidine groups is 1. The summed E-state index contributed by atoms with van der Waals surface area (Å²) in [6.45, 7) is 7.92. The molecular formula is C16H24N6O2. The van der Waals surface area contributed by atoms with Gasteiger partial charge in [-0.3, -0.25) is 10.1 Å². The number of aliphatic imine (C=N–C) groups is 1. The third-order valence-corrected chi connectivity index (χ3v) is 3.10. The van der Waals surface area contributed by atoms with E-state index in [0.717, 1.165) is 0 Å². The first-order valence-corrected chi connectivity index (χ1v) is 7.40. The topological polar surface area (TPSA) is 103 Å². The molecule has 0 aromatic rings. The minimum Gasteiger partial charge on any atom is -0.384 e. The van der Waals surface area contributed by atoms with Gasteiger partial charge in [0.05, 0.1) is 0 Å². The number of nitrogens with one attached hydrogen (secondary N) is 2. The largest absolute Gasteiger partial charge is 0.384 e. The van der Waals surface area contributed by atoms with Crippen molar-refractivity contribution in [2.24, 2.45) is 10.7 Å². The number of hydrogen-bond donors (Lipinski definition) is 3. The SMILES string of the molecule is C=C1C=C(C(=O)/N=C(\C)N(C)C)C=CN1/C=C(\N)NC(=O)NCC. The van der Waals surface area contributed by atoms with Gasteiger partial charge < -0.3 is 20.9 Å². The highest BCUT2D eigenvalue weighted by Crippen LogP contribution is 2.17. The lowest BCUT2D eigenvalue weighted by Gasteiger charge is -2.21. The van der Waals surface area contributed by atoms with E-state index in [9.17, 15) is 9.59 Å². The molecule has 130 valence electrons. The molecule has 1 rings (SSSR count). The number of allylic oxidation sites excluding steroid dienone is 1. The lowest BCUT2D eigenvalue weighted by Crippen LogP contribution is -2.37. The minimum absolute atomic E-state index is 0.149. The summed E-state index contributed by atoms with van der Waals surface area (Å²) in [5.41, 5.74) is 6.69. The van der Waals surface area contributed by atoms with Crippen molar-refractivity contribution in [1.82, 2.24) is 20.4 Å². The number of rotatable bonds is 4. The number of carbonyl (C=O) groups excluding carboxylic acids is 2. The Labute approximate surface area is 142 Å². The van der Waals surface area contributed by atoms with Crippen LogP contribution < -0.4 is 16.4 Å². The quantitative estimate of drug-likeness (QED) is 0.523. The van der Waals surface area contributed by atoms with Gasteiger partial charge in [0.15, 0.2) is 0 Å². The number of amides is 3. The predicted octanol–water partition coefficient (Wildman–Crippen LogP) is 0.839. The standard InChI is InChI=1S/C16H24N6O2/c1-6-18-16(24)20-14(17)10-22-8-7-13(9-11(22)2)15(23)19-12(3)21(4)5/h7-10H,2,6,17H2,1,3-5H3,(H2,18,20,24)/b14-10+,19-12+. The first-order valence-electron chi connectivity index (χ1n) is 7.40. The average molecular weight is 332 g/mol. The Morgan fingerprint density at radius 3 is 2.67 bits per heavy atom. The van der Waals surface area contributed by atoms with Crippen LogP contribution in [0.2, 0.25) is 0 Å². The fourth-order valence-electron chi connectivity index (χ4n) is 1.65. The van der Waals surface area contributed by atoms with Crippen molar-refractivity contribution in [1.29, 1.82) is 0 Å². The first-order chi connectivity index (χ1) is 11.2. The molecule has 0 fully saturated rings. The average Bonchev–Trinajstić information content (AvgIpc) is 2.49. The normalized spacial score (nSPS) is 15.1. The maximum atomic E-state index is 12.1. The fraction of sp³-hybridized carbons (Fsp3) is 0.312. The molecule has 3 amide bonds. The molecule has 0 aliphatic carbocycles. The van der Waals surface area contributed by atoms with Crippen molar-refractivity contribution in [2.75, 3.05) is 20.6 Å². The molecule has 24 heavy (non-hydrogen) atoms. The Balaban J connectivity index is 2.78. The van der Waals surface area contributed by atoms with E-state index >= 15 is 0 Å². The van der Waals surface area contributed by atoms with E-state index in [0.29, 0.717) is 23.7 Å². The van der Waals surface area contributed by atoms with Crippen LogP contribution in [-0.2, 0) is 4.79 Å². The van der Waals surface area contributed by atoms with E-state index < -0.39 is 6.03 Å². The lowest BCUT2D eigenvalue weighted by molar-refractivity contribution is -0.114. The highest BCUT2D eigenvalue weighted by molar-refractivity contribution is 6.04. The van der Waals surface area contributed by atoms with E-state index in [1.165, 1.54) is 6.20 Å². The molecule has 0 radical (unpaired) electrons. The van der Waals surface area contributed by atoms with Gasteiger partial charge >= 0.3 is 6.03 Å². The molecular weight excluding hydrogens is 308 g/mol. The number of urea groups is 1. The lowest BCUT2D eigenvalue weighted by atomic mass is 10.1. The summed E-state index contributed by atoms with van der Waals surface area (Å²) in [4.78, 5) is 30.9. The number of nitrogens with zero attached hydrogens (tertiary/aromatic N) is 3. The van der Waals surface area contributed by atoms with Gasteiger partial charge in [-0.05, 0) is 26.0 Å². The van der Waals surface area contributed by atoms with Crippen LogP contribution in [0.25, 0.3) is 0 Å². The van der Waals surface area contributed by atoms with Crippen molar-refractivity contribution >= 4 is 17.8 Å². The molecule has 0 aromatic heterocycles. The van der Waals surface area contributed by atoms with Gasteiger partial charge in [-0.25, -0.2) is 4.79 Å².